The molecule has 2 aromatic rings. The van der Waals surface area contributed by atoms with Crippen LogP contribution in [-0.4, -0.2) is 92.1 Å². The Morgan fingerprint density at radius 1 is 0.882 bits per heavy atom. The van der Waals surface area contributed by atoms with Gasteiger partial charge in [-0.15, -0.1) is 5.06 Å². The van der Waals surface area contributed by atoms with Gasteiger partial charge in [-0.25, -0.2) is 9.59 Å². The quantitative estimate of drug-likeness (QED) is 0.254. The molecule has 1 aliphatic heterocycles. The van der Waals surface area contributed by atoms with E-state index in [-0.39, 0.29) is 41.1 Å². The van der Waals surface area contributed by atoms with Gasteiger partial charge in [0.2, 0.25) is 0 Å². The summed E-state index contributed by atoms with van der Waals surface area (Å²) in [5.41, 5.74) is 1.33. The molecule has 3 rings (SSSR count). The van der Waals surface area contributed by atoms with Crippen molar-refractivity contribution in [2.75, 3.05) is 40.4 Å². The molecule has 0 radical (unpaired) electrons. The second kappa shape index (κ2) is 13.8. The van der Waals surface area contributed by atoms with Crippen molar-refractivity contribution in [1.82, 2.24) is 10.4 Å². The third-order valence-corrected chi connectivity index (χ3v) is 4.72. The van der Waals surface area contributed by atoms with Crippen LogP contribution in [0.2, 0.25) is 0 Å². The molecule has 2 aromatic carbocycles. The van der Waals surface area contributed by atoms with Gasteiger partial charge >= 0.3 is 41.5 Å². The first-order valence-electron chi connectivity index (χ1n) is 10.3. The molecule has 1 fully saturated rings. The van der Waals surface area contributed by atoms with E-state index in [4.69, 9.17) is 19.0 Å². The van der Waals surface area contributed by atoms with E-state index >= 15 is 0 Å². The molecule has 1 aliphatic rings. The molecule has 34 heavy (non-hydrogen) atoms. The number of phenols is 1. The van der Waals surface area contributed by atoms with Crippen molar-refractivity contribution in [1.29, 1.82) is 0 Å². The maximum absolute atomic E-state index is 12.2. The Morgan fingerprint density at radius 3 is 2.12 bits per heavy atom. The molecule has 10 heteroatoms. The van der Waals surface area contributed by atoms with E-state index in [1.165, 1.54) is 38.5 Å². The number of hydroxylamine groups is 2. The van der Waals surface area contributed by atoms with Crippen molar-refractivity contribution in [2.24, 2.45) is 0 Å². The van der Waals surface area contributed by atoms with Crippen molar-refractivity contribution in [3.8, 4) is 23.0 Å². The van der Waals surface area contributed by atoms with Crippen LogP contribution < -0.4 is 19.5 Å². The summed E-state index contributed by atoms with van der Waals surface area (Å²) >= 11 is 0. The number of ether oxygens (including phenoxy) is 3. The van der Waals surface area contributed by atoms with E-state index < -0.39 is 11.9 Å². The predicted octanol–water partition coefficient (Wildman–Crippen LogP) is 1.76. The van der Waals surface area contributed by atoms with Crippen LogP contribution in [0.4, 0.5) is 0 Å². The zero-order chi connectivity index (χ0) is 23.6. The zero-order valence-electron chi connectivity index (χ0n) is 18.4. The monoisotopic (exact) mass is 478 g/mol. The van der Waals surface area contributed by atoms with Gasteiger partial charge in [0.25, 0.3) is 0 Å². The predicted molar refractivity (Wildman–Crippen MR) is 129 cm³/mol. The SMILES string of the molecule is COc1cc(C=CC(=O)Oc2ccc(C=CC(=O)ON3CCNCC3)cc2OC)ccc1O.[NaH]. The fourth-order valence-electron chi connectivity index (χ4n) is 3.03. The molecule has 0 aromatic heterocycles. The second-order valence-electron chi connectivity index (χ2n) is 7.02. The van der Waals surface area contributed by atoms with Crippen LogP contribution in [0.5, 0.6) is 23.0 Å². The second-order valence-corrected chi connectivity index (χ2v) is 7.02. The molecule has 0 amide bonds. The number of rotatable bonds is 8. The Bertz CT molecular complexity index is 1050. The van der Waals surface area contributed by atoms with Gasteiger partial charge in [-0.3, -0.25) is 0 Å². The Labute approximate surface area is 220 Å². The molecule has 0 bridgehead atoms. The average Bonchev–Trinajstić information content (AvgIpc) is 2.83. The van der Waals surface area contributed by atoms with Crippen LogP contribution in [0.15, 0.2) is 48.6 Å². The van der Waals surface area contributed by atoms with E-state index in [0.29, 0.717) is 35.7 Å². The van der Waals surface area contributed by atoms with Gasteiger partial charge in [-0.1, -0.05) is 12.1 Å². The van der Waals surface area contributed by atoms with E-state index in [0.717, 1.165) is 13.1 Å². The summed E-state index contributed by atoms with van der Waals surface area (Å²) in [7, 11) is 2.90. The molecule has 0 spiro atoms. The zero-order valence-corrected chi connectivity index (χ0v) is 18.4. The number of nitrogens with zero attached hydrogens (tertiary/aromatic N) is 1. The van der Waals surface area contributed by atoms with Gasteiger partial charge in [0, 0.05) is 38.3 Å². The van der Waals surface area contributed by atoms with Crippen molar-refractivity contribution in [3.05, 3.63) is 59.7 Å². The van der Waals surface area contributed by atoms with E-state index in [9.17, 15) is 14.7 Å². The molecule has 0 saturated carbocycles. The maximum atomic E-state index is 12.2. The molecule has 9 nitrogen and oxygen atoms in total. The summed E-state index contributed by atoms with van der Waals surface area (Å²) in [5.74, 6) is -0.205. The van der Waals surface area contributed by atoms with Gasteiger partial charge < -0.3 is 29.5 Å². The summed E-state index contributed by atoms with van der Waals surface area (Å²) < 4.78 is 15.7. The summed E-state index contributed by atoms with van der Waals surface area (Å²) in [6.45, 7) is 2.82. The van der Waals surface area contributed by atoms with E-state index in [1.807, 2.05) is 0 Å². The van der Waals surface area contributed by atoms with Gasteiger partial charge in [0.1, 0.15) is 0 Å². The number of hydrogen-bond acceptors (Lipinski definition) is 9. The summed E-state index contributed by atoms with van der Waals surface area (Å²) in [6, 6.07) is 9.61. The Hall–Kier alpha value is -2.82. The summed E-state index contributed by atoms with van der Waals surface area (Å²) in [6.07, 6.45) is 5.72. The van der Waals surface area contributed by atoms with Crippen molar-refractivity contribution in [2.45, 2.75) is 0 Å². The molecule has 0 unspecified atom stereocenters. The van der Waals surface area contributed by atoms with Gasteiger partial charge in [0.05, 0.1) is 14.2 Å². The molecular formula is C24H27N2NaO7. The van der Waals surface area contributed by atoms with Crippen LogP contribution in [0.25, 0.3) is 12.2 Å². The average molecular weight is 478 g/mol. The first-order chi connectivity index (χ1) is 16.0. The molecule has 1 heterocycles. The molecule has 0 aliphatic carbocycles. The summed E-state index contributed by atoms with van der Waals surface area (Å²) in [4.78, 5) is 29.5. The number of nitrogens with one attached hydrogen (secondary N) is 1. The number of benzene rings is 2. The first-order valence-corrected chi connectivity index (χ1v) is 10.3. The number of phenolic OH excluding ortho intramolecular Hbond substituents is 1. The Morgan fingerprint density at radius 2 is 1.47 bits per heavy atom. The first kappa shape index (κ1) is 27.4. The topological polar surface area (TPSA) is 107 Å². The van der Waals surface area contributed by atoms with Crippen LogP contribution in [0, 0.1) is 0 Å². The Kier molecular flexibility index (Phi) is 11.1. The number of carbonyl (C=O) groups excluding carboxylic acids is 2. The molecule has 176 valence electrons. The third kappa shape index (κ3) is 8.19. The number of carbonyl (C=O) groups is 2. The third-order valence-electron chi connectivity index (χ3n) is 4.72. The normalized spacial score (nSPS) is 13.9. The minimum absolute atomic E-state index is 0. The van der Waals surface area contributed by atoms with Crippen molar-refractivity contribution >= 4 is 53.6 Å². The van der Waals surface area contributed by atoms with Crippen LogP contribution in [-0.2, 0) is 14.4 Å². The Balaban J connectivity index is 0.00000408. The van der Waals surface area contributed by atoms with Crippen LogP contribution in [0.1, 0.15) is 11.1 Å². The molecular weight excluding hydrogens is 451 g/mol. The minimum atomic E-state index is -0.608. The fourth-order valence-corrected chi connectivity index (χ4v) is 3.03. The van der Waals surface area contributed by atoms with Gasteiger partial charge in [-0.05, 0) is 47.5 Å². The van der Waals surface area contributed by atoms with E-state index in [2.05, 4.69) is 5.32 Å². The standard InChI is InChI=1S/C24H26N2O7.Na.H/c1-30-21-15-17(3-7-19(21)27)5-9-23(28)32-20-8-4-18(16-22(20)31-2)6-10-24(29)33-26-13-11-25-12-14-26;;/h3-10,15-16,25,27H,11-14H2,1-2H3;;. The molecule has 0 atom stereocenters. The van der Waals surface area contributed by atoms with Gasteiger partial charge in [-0.2, -0.15) is 0 Å². The number of piperazine rings is 1. The van der Waals surface area contributed by atoms with Crippen LogP contribution in [0.3, 0.4) is 0 Å². The van der Waals surface area contributed by atoms with Gasteiger partial charge in [0.15, 0.2) is 23.0 Å². The molecule has 2 N–H and O–H groups in total. The number of aromatic hydroxyl groups is 1. The number of hydrogen-bond donors (Lipinski definition) is 2. The van der Waals surface area contributed by atoms with Crippen molar-refractivity contribution < 1.29 is 33.7 Å². The fraction of sp³-hybridized carbons (Fsp3) is 0.250. The summed E-state index contributed by atoms with van der Waals surface area (Å²) in [5, 5.41) is 14.4. The number of esters is 1. The van der Waals surface area contributed by atoms with E-state index in [1.54, 1.807) is 41.5 Å². The van der Waals surface area contributed by atoms with Crippen molar-refractivity contribution in [3.63, 3.8) is 0 Å². The molecule has 1 saturated heterocycles. The van der Waals surface area contributed by atoms with Crippen LogP contribution >= 0.6 is 0 Å². The number of methoxy groups -OCH3 is 2.